The summed E-state index contributed by atoms with van der Waals surface area (Å²) < 4.78 is 0. The molecular weight excluding hydrogens is 572 g/mol. The Labute approximate surface area is 275 Å². The van der Waals surface area contributed by atoms with E-state index in [2.05, 4.69) is 63.6 Å². The number of hydrogen-bond acceptors (Lipinski definition) is 9. The van der Waals surface area contributed by atoms with Gasteiger partial charge in [0.1, 0.15) is 0 Å². The van der Waals surface area contributed by atoms with Crippen molar-refractivity contribution in [2.75, 3.05) is 78.5 Å². The van der Waals surface area contributed by atoms with E-state index < -0.39 is 0 Å². The Balaban J connectivity index is 1.03. The van der Waals surface area contributed by atoms with Crippen LogP contribution in [-0.2, 0) is 30.7 Å². The highest BCUT2D eigenvalue weighted by atomic mass is 16.1. The van der Waals surface area contributed by atoms with Gasteiger partial charge < -0.3 is 0 Å². The molecule has 0 N–H and O–H groups in total. The Kier molecular flexibility index (Phi) is 9.49. The van der Waals surface area contributed by atoms with E-state index in [9.17, 15) is 0 Å². The number of hydrogen-bond donors (Lipinski definition) is 0. The highest BCUT2D eigenvalue weighted by Gasteiger charge is 2.41. The molecule has 9 nitrogen and oxygen atoms in total. The van der Waals surface area contributed by atoms with E-state index in [1.807, 2.05) is 12.4 Å². The average Bonchev–Trinajstić information content (AvgIpc) is 3.05. The van der Waals surface area contributed by atoms with Gasteiger partial charge in [0.2, 0.25) is 0 Å². The van der Waals surface area contributed by atoms with Crippen LogP contribution < -0.4 is 0 Å². The molecule has 2 aromatic rings. The molecule has 2 atom stereocenters. The smallest absolute Gasteiger partial charge is 0.169 e. The van der Waals surface area contributed by atoms with E-state index in [1.165, 1.54) is 61.0 Å². The molecule has 2 saturated carbocycles. The molecule has 2 aliphatic carbocycles. The van der Waals surface area contributed by atoms with Crippen molar-refractivity contribution in [3.05, 3.63) is 59.2 Å². The molecule has 4 fully saturated rings. The minimum atomic E-state index is -0.0739. The van der Waals surface area contributed by atoms with Crippen LogP contribution in [0.15, 0.2) is 36.7 Å². The Morgan fingerprint density at radius 2 is 1.07 bits per heavy atom. The van der Waals surface area contributed by atoms with Gasteiger partial charge in [0, 0.05) is 140 Å². The van der Waals surface area contributed by atoms with Crippen LogP contribution in [0.3, 0.4) is 0 Å². The second kappa shape index (κ2) is 14.1. The summed E-state index contributed by atoms with van der Waals surface area (Å²) in [6.07, 6.45) is 14.0. The zero-order valence-electron chi connectivity index (χ0n) is 27.8. The summed E-state index contributed by atoms with van der Waals surface area (Å²) in [5.74, 6) is 0.461. The summed E-state index contributed by atoms with van der Waals surface area (Å²) in [5, 5.41) is 0. The zero-order valence-corrected chi connectivity index (χ0v) is 27.8. The molecule has 0 aromatic carbocycles. The average molecular weight is 627 g/mol. The molecule has 9 heteroatoms. The summed E-state index contributed by atoms with van der Waals surface area (Å²) in [7, 11) is 0. The topological polar surface area (TPSA) is 62.3 Å². The minimum Gasteiger partial charge on any atom is -0.298 e. The fourth-order valence-corrected chi connectivity index (χ4v) is 8.97. The van der Waals surface area contributed by atoms with Gasteiger partial charge in [-0.05, 0) is 48.9 Å². The Morgan fingerprint density at radius 3 is 1.46 bits per heavy atom. The first kappa shape index (κ1) is 31.0. The molecule has 0 amide bonds. The van der Waals surface area contributed by atoms with Crippen LogP contribution in [0.2, 0.25) is 0 Å². The first-order valence-corrected chi connectivity index (χ1v) is 18.5. The van der Waals surface area contributed by atoms with Gasteiger partial charge in [-0.3, -0.25) is 44.2 Å². The zero-order chi connectivity index (χ0) is 30.9. The second-order valence-electron chi connectivity index (χ2n) is 14.9. The number of piperazine rings is 2. The maximum atomic E-state index is 15.3. The van der Waals surface area contributed by atoms with Crippen LogP contribution in [0, 0.1) is 0 Å². The number of Topliss-reactive ketones (excluding diaryl/α,β-unsaturated/α-hetero) is 1. The molecule has 2 saturated heterocycles. The van der Waals surface area contributed by atoms with Gasteiger partial charge in [-0.1, -0.05) is 25.0 Å². The number of pyridine rings is 2. The van der Waals surface area contributed by atoms with Crippen molar-refractivity contribution in [3.8, 4) is 0 Å². The largest absolute Gasteiger partial charge is 0.298 e. The molecule has 6 aliphatic rings. The van der Waals surface area contributed by atoms with E-state index in [1.54, 1.807) is 0 Å². The van der Waals surface area contributed by atoms with Crippen LogP contribution in [0.25, 0.3) is 0 Å². The van der Waals surface area contributed by atoms with E-state index in [0.717, 1.165) is 117 Å². The minimum absolute atomic E-state index is 0.0739. The van der Waals surface area contributed by atoms with Crippen LogP contribution in [0.5, 0.6) is 0 Å². The molecule has 2 unspecified atom stereocenters. The molecule has 0 bridgehead atoms. The van der Waals surface area contributed by atoms with Gasteiger partial charge in [0.25, 0.3) is 0 Å². The lowest BCUT2D eigenvalue weighted by Gasteiger charge is -2.48. The van der Waals surface area contributed by atoms with Gasteiger partial charge >= 0.3 is 0 Å². The van der Waals surface area contributed by atoms with Crippen molar-refractivity contribution in [3.63, 3.8) is 0 Å². The predicted octanol–water partition coefficient (Wildman–Crippen LogP) is 2.54. The van der Waals surface area contributed by atoms with Gasteiger partial charge in [-0.25, -0.2) is 0 Å². The monoisotopic (exact) mass is 626 g/mol. The van der Waals surface area contributed by atoms with Gasteiger partial charge in [-0.2, -0.15) is 0 Å². The highest BCUT2D eigenvalue weighted by Crippen LogP contribution is 2.29. The molecule has 2 aromatic heterocycles. The maximum Gasteiger partial charge on any atom is 0.169 e. The van der Waals surface area contributed by atoms with Gasteiger partial charge in [-0.15, -0.1) is 0 Å². The molecule has 0 radical (unpaired) electrons. The second-order valence-corrected chi connectivity index (χ2v) is 14.9. The normalized spacial score (nSPS) is 26.1. The summed E-state index contributed by atoms with van der Waals surface area (Å²) >= 11 is 0. The highest BCUT2D eigenvalue weighted by molar-refractivity contribution is 5.89. The van der Waals surface area contributed by atoms with Crippen molar-refractivity contribution in [1.82, 2.24) is 39.4 Å². The fourth-order valence-electron chi connectivity index (χ4n) is 8.97. The molecule has 6 heterocycles. The predicted molar refractivity (Wildman–Crippen MR) is 181 cm³/mol. The Morgan fingerprint density at radius 1 is 0.630 bits per heavy atom. The van der Waals surface area contributed by atoms with Gasteiger partial charge in [0.15, 0.2) is 5.78 Å². The van der Waals surface area contributed by atoms with Crippen molar-refractivity contribution in [2.24, 2.45) is 0 Å². The number of fused-ring (bicyclic) bond motifs is 2. The van der Waals surface area contributed by atoms with Crippen LogP contribution in [0.4, 0.5) is 0 Å². The van der Waals surface area contributed by atoms with E-state index in [0.29, 0.717) is 5.78 Å². The molecule has 46 heavy (non-hydrogen) atoms. The van der Waals surface area contributed by atoms with Crippen LogP contribution >= 0.6 is 0 Å². The number of carbonyl (C=O) groups excluding carboxylic acids is 1. The number of ketones is 1. The number of nitrogens with zero attached hydrogens (tertiary/aromatic N) is 8. The molecule has 0 spiro atoms. The third kappa shape index (κ3) is 6.69. The SMILES string of the molecule is O=C(C(CN1CCc2ncccc2C1)N1CCN(C2CCC2)CC1)C(CN1CCc2ncccc2C1)N1CCN(C2CCC2)CC1. The molecule has 4 aliphatic heterocycles. The lowest BCUT2D eigenvalue weighted by atomic mass is 9.90. The number of aromatic nitrogens is 2. The third-order valence-corrected chi connectivity index (χ3v) is 12.4. The first-order chi connectivity index (χ1) is 22.7. The summed E-state index contributed by atoms with van der Waals surface area (Å²) in [6, 6.07) is 10.0. The van der Waals surface area contributed by atoms with E-state index in [4.69, 9.17) is 0 Å². The Bertz CT molecular complexity index is 1230. The lowest BCUT2D eigenvalue weighted by Crippen LogP contribution is -2.64. The van der Waals surface area contributed by atoms with Crippen molar-refractivity contribution in [2.45, 2.75) is 88.6 Å². The maximum absolute atomic E-state index is 15.3. The first-order valence-electron chi connectivity index (χ1n) is 18.5. The van der Waals surface area contributed by atoms with Crippen LogP contribution in [0.1, 0.15) is 61.0 Å². The van der Waals surface area contributed by atoms with Crippen molar-refractivity contribution < 1.29 is 4.79 Å². The van der Waals surface area contributed by atoms with E-state index >= 15 is 4.79 Å². The third-order valence-electron chi connectivity index (χ3n) is 12.4. The van der Waals surface area contributed by atoms with Crippen LogP contribution in [-0.4, -0.2) is 148 Å². The summed E-state index contributed by atoms with van der Waals surface area (Å²) in [5.41, 5.74) is 5.13. The Hall–Kier alpha value is -2.27. The molecule has 248 valence electrons. The standard InChI is InChI=1S/C37H54N8O/c46-37(35(44-21-17-42(18-22-44)31-7-1-8-31)27-40-15-11-33-29(25-40)5-3-13-38-33)36(45-23-19-43(20-24-45)32-9-2-10-32)28-41-16-12-34-30(26-41)6-4-14-39-34/h3-6,13-14,31-32,35-36H,1-2,7-12,15-28H2. The van der Waals surface area contributed by atoms with Gasteiger partial charge in [0.05, 0.1) is 12.1 Å². The number of rotatable bonds is 10. The lowest BCUT2D eigenvalue weighted by molar-refractivity contribution is -0.133. The fraction of sp³-hybridized carbons (Fsp3) is 0.703. The van der Waals surface area contributed by atoms with Crippen molar-refractivity contribution >= 4 is 5.78 Å². The summed E-state index contributed by atoms with van der Waals surface area (Å²) in [4.78, 5) is 40.3. The quantitative estimate of drug-likeness (QED) is 0.396. The molecular formula is C37H54N8O. The molecule has 8 rings (SSSR count). The summed E-state index contributed by atoms with van der Waals surface area (Å²) in [6.45, 7) is 13.8. The number of carbonyl (C=O) groups is 1. The van der Waals surface area contributed by atoms with E-state index in [-0.39, 0.29) is 12.1 Å². The van der Waals surface area contributed by atoms with Crippen molar-refractivity contribution in [1.29, 1.82) is 0 Å².